The van der Waals surface area contributed by atoms with E-state index < -0.39 is 0 Å². The molecule has 1 aromatic carbocycles. The number of rotatable bonds is 4. The Bertz CT molecular complexity index is 796. The van der Waals surface area contributed by atoms with Gasteiger partial charge in [0.25, 0.3) is 5.91 Å². The molecule has 0 unspecified atom stereocenters. The van der Waals surface area contributed by atoms with Crippen molar-refractivity contribution in [3.05, 3.63) is 47.2 Å². The number of carbonyl (C=O) groups is 1. The lowest BCUT2D eigenvalue weighted by Gasteiger charge is -2.05. The molecule has 0 fully saturated rings. The SMILES string of the molecule is COc1ccc(-c2csc(NC(=O)c3ccno3)n2)cc1C. The molecule has 1 amide bonds. The number of aryl methyl sites for hydroxylation is 1. The number of amides is 1. The van der Waals surface area contributed by atoms with E-state index in [0.29, 0.717) is 5.13 Å². The summed E-state index contributed by atoms with van der Waals surface area (Å²) in [5.74, 6) is 0.610. The molecule has 7 heteroatoms. The van der Waals surface area contributed by atoms with Gasteiger partial charge in [-0.3, -0.25) is 10.1 Å². The predicted molar refractivity (Wildman–Crippen MR) is 83.3 cm³/mol. The van der Waals surface area contributed by atoms with Gasteiger partial charge in [-0.15, -0.1) is 11.3 Å². The highest BCUT2D eigenvalue weighted by Crippen LogP contribution is 2.28. The van der Waals surface area contributed by atoms with E-state index in [4.69, 9.17) is 9.26 Å². The lowest BCUT2D eigenvalue weighted by molar-refractivity contribution is 0.0988. The Balaban J connectivity index is 1.79. The number of ether oxygens (including phenoxy) is 1. The highest BCUT2D eigenvalue weighted by molar-refractivity contribution is 7.14. The minimum absolute atomic E-state index is 0.150. The maximum atomic E-state index is 11.9. The first kappa shape index (κ1) is 14.3. The van der Waals surface area contributed by atoms with Gasteiger partial charge < -0.3 is 9.26 Å². The predicted octanol–water partition coefficient (Wildman–Crippen LogP) is 3.37. The van der Waals surface area contributed by atoms with Gasteiger partial charge in [0.05, 0.1) is 19.0 Å². The van der Waals surface area contributed by atoms with Gasteiger partial charge >= 0.3 is 0 Å². The molecule has 0 aliphatic heterocycles. The number of anilines is 1. The van der Waals surface area contributed by atoms with Crippen LogP contribution >= 0.6 is 11.3 Å². The van der Waals surface area contributed by atoms with Crippen molar-refractivity contribution < 1.29 is 14.1 Å². The summed E-state index contributed by atoms with van der Waals surface area (Å²) in [6.45, 7) is 1.97. The Hall–Kier alpha value is -2.67. The van der Waals surface area contributed by atoms with Crippen molar-refractivity contribution in [3.63, 3.8) is 0 Å². The van der Waals surface area contributed by atoms with Crippen LogP contribution in [0.25, 0.3) is 11.3 Å². The van der Waals surface area contributed by atoms with E-state index in [1.807, 2.05) is 30.5 Å². The lowest BCUT2D eigenvalue weighted by atomic mass is 10.1. The third-order valence-corrected chi connectivity index (χ3v) is 3.83. The molecule has 0 aliphatic carbocycles. The fourth-order valence-electron chi connectivity index (χ4n) is 1.99. The second-order valence-corrected chi connectivity index (χ2v) is 5.41. The van der Waals surface area contributed by atoms with Crippen molar-refractivity contribution in [2.24, 2.45) is 0 Å². The smallest absolute Gasteiger partial charge is 0.296 e. The number of methoxy groups -OCH3 is 1. The van der Waals surface area contributed by atoms with Crippen LogP contribution in [0.15, 0.2) is 40.4 Å². The van der Waals surface area contributed by atoms with Crippen molar-refractivity contribution in [1.29, 1.82) is 0 Å². The minimum atomic E-state index is -0.371. The van der Waals surface area contributed by atoms with Crippen LogP contribution in [0.2, 0.25) is 0 Å². The number of nitrogens with zero attached hydrogens (tertiary/aromatic N) is 2. The number of carbonyl (C=O) groups excluding carboxylic acids is 1. The molecule has 6 nitrogen and oxygen atoms in total. The fourth-order valence-corrected chi connectivity index (χ4v) is 2.71. The van der Waals surface area contributed by atoms with Crippen LogP contribution in [0.1, 0.15) is 16.1 Å². The molecule has 0 saturated carbocycles. The second kappa shape index (κ2) is 5.98. The standard InChI is InChI=1S/C15H13N3O3S/c1-9-7-10(3-4-12(9)20-2)11-8-22-15(17-11)18-14(19)13-5-6-16-21-13/h3-8H,1-2H3,(H,17,18,19). The summed E-state index contributed by atoms with van der Waals surface area (Å²) >= 11 is 1.35. The number of hydrogen-bond donors (Lipinski definition) is 1. The van der Waals surface area contributed by atoms with Crippen LogP contribution in [0.4, 0.5) is 5.13 Å². The van der Waals surface area contributed by atoms with Gasteiger partial charge in [-0.1, -0.05) is 5.16 Å². The normalized spacial score (nSPS) is 10.5. The van der Waals surface area contributed by atoms with Gasteiger partial charge in [0.1, 0.15) is 5.75 Å². The van der Waals surface area contributed by atoms with Crippen molar-refractivity contribution in [2.75, 3.05) is 12.4 Å². The number of nitrogens with one attached hydrogen (secondary N) is 1. The molecule has 2 aromatic heterocycles. The van der Waals surface area contributed by atoms with Crippen LogP contribution in [-0.4, -0.2) is 23.2 Å². The van der Waals surface area contributed by atoms with Crippen LogP contribution < -0.4 is 10.1 Å². The average molecular weight is 315 g/mol. The third kappa shape index (κ3) is 2.84. The highest BCUT2D eigenvalue weighted by Gasteiger charge is 2.13. The van der Waals surface area contributed by atoms with Crippen LogP contribution in [0.3, 0.4) is 0 Å². The Morgan fingerprint density at radius 1 is 1.36 bits per heavy atom. The third-order valence-electron chi connectivity index (χ3n) is 3.08. The molecular formula is C15H13N3O3S. The van der Waals surface area contributed by atoms with Gasteiger partial charge in [-0.05, 0) is 30.7 Å². The highest BCUT2D eigenvalue weighted by atomic mass is 32.1. The zero-order chi connectivity index (χ0) is 15.5. The Kier molecular flexibility index (Phi) is 3.88. The van der Waals surface area contributed by atoms with Gasteiger partial charge in [0.2, 0.25) is 5.76 Å². The molecule has 2 heterocycles. The first-order valence-electron chi connectivity index (χ1n) is 6.50. The van der Waals surface area contributed by atoms with E-state index in [2.05, 4.69) is 15.5 Å². The summed E-state index contributed by atoms with van der Waals surface area (Å²) in [4.78, 5) is 16.3. The van der Waals surface area contributed by atoms with E-state index in [0.717, 1.165) is 22.6 Å². The first-order valence-corrected chi connectivity index (χ1v) is 7.38. The van der Waals surface area contributed by atoms with E-state index in [-0.39, 0.29) is 11.7 Å². The van der Waals surface area contributed by atoms with E-state index >= 15 is 0 Å². The quantitative estimate of drug-likeness (QED) is 0.798. The van der Waals surface area contributed by atoms with Crippen LogP contribution in [-0.2, 0) is 0 Å². The number of benzene rings is 1. The molecule has 0 spiro atoms. The summed E-state index contributed by atoms with van der Waals surface area (Å²) < 4.78 is 10.0. The molecule has 3 rings (SSSR count). The molecular weight excluding hydrogens is 302 g/mol. The van der Waals surface area contributed by atoms with Crippen LogP contribution in [0.5, 0.6) is 5.75 Å². The monoisotopic (exact) mass is 315 g/mol. The molecule has 1 N–H and O–H groups in total. The maximum Gasteiger partial charge on any atom is 0.296 e. The van der Waals surface area contributed by atoms with Crippen molar-refractivity contribution in [1.82, 2.24) is 10.1 Å². The van der Waals surface area contributed by atoms with Gasteiger partial charge in [0, 0.05) is 17.0 Å². The van der Waals surface area contributed by atoms with E-state index in [1.54, 1.807) is 7.11 Å². The van der Waals surface area contributed by atoms with Gasteiger partial charge in [0.15, 0.2) is 5.13 Å². The summed E-state index contributed by atoms with van der Waals surface area (Å²) in [7, 11) is 1.64. The fraction of sp³-hybridized carbons (Fsp3) is 0.133. The van der Waals surface area contributed by atoms with Crippen molar-refractivity contribution in [3.8, 4) is 17.0 Å². The summed E-state index contributed by atoms with van der Waals surface area (Å²) in [6, 6.07) is 7.33. The number of hydrogen-bond acceptors (Lipinski definition) is 6. The molecule has 0 radical (unpaired) electrons. The summed E-state index contributed by atoms with van der Waals surface area (Å²) in [5, 5.41) is 8.57. The van der Waals surface area contributed by atoms with E-state index in [1.165, 1.54) is 23.6 Å². The number of thiazole rings is 1. The molecule has 0 aliphatic rings. The Morgan fingerprint density at radius 2 is 2.23 bits per heavy atom. The first-order chi connectivity index (χ1) is 10.7. The molecule has 22 heavy (non-hydrogen) atoms. The maximum absolute atomic E-state index is 11.9. The lowest BCUT2D eigenvalue weighted by Crippen LogP contribution is -2.10. The number of aromatic nitrogens is 2. The zero-order valence-electron chi connectivity index (χ0n) is 12.0. The summed E-state index contributed by atoms with van der Waals surface area (Å²) in [5.41, 5.74) is 2.79. The minimum Gasteiger partial charge on any atom is -0.496 e. The van der Waals surface area contributed by atoms with Gasteiger partial charge in [-0.25, -0.2) is 4.98 Å². The zero-order valence-corrected chi connectivity index (χ0v) is 12.8. The Morgan fingerprint density at radius 3 is 2.91 bits per heavy atom. The summed E-state index contributed by atoms with van der Waals surface area (Å²) in [6.07, 6.45) is 1.42. The molecule has 0 saturated heterocycles. The largest absolute Gasteiger partial charge is 0.496 e. The molecule has 112 valence electrons. The van der Waals surface area contributed by atoms with Crippen LogP contribution in [0, 0.1) is 6.92 Å². The molecule has 3 aromatic rings. The molecule has 0 atom stereocenters. The second-order valence-electron chi connectivity index (χ2n) is 4.55. The van der Waals surface area contributed by atoms with Gasteiger partial charge in [-0.2, -0.15) is 0 Å². The Labute approximate surface area is 130 Å². The topological polar surface area (TPSA) is 77.2 Å². The van der Waals surface area contributed by atoms with Crippen molar-refractivity contribution >= 4 is 22.4 Å². The molecule has 0 bridgehead atoms. The van der Waals surface area contributed by atoms with Crippen molar-refractivity contribution in [2.45, 2.75) is 6.92 Å². The van der Waals surface area contributed by atoms with E-state index in [9.17, 15) is 4.79 Å². The average Bonchev–Trinajstić information content (AvgIpc) is 3.18.